The van der Waals surface area contributed by atoms with Crippen molar-refractivity contribution in [2.45, 2.75) is 32.7 Å². The Morgan fingerprint density at radius 1 is 1.47 bits per heavy atom. The third-order valence-electron chi connectivity index (χ3n) is 2.98. The molecule has 2 N–H and O–H groups in total. The fraction of sp³-hybridized carbons (Fsp3) is 0.429. The summed E-state index contributed by atoms with van der Waals surface area (Å²) in [6, 6.07) is 5.68. The van der Waals surface area contributed by atoms with Crippen LogP contribution in [0, 0.1) is 0 Å². The molecule has 102 valence electrons. The van der Waals surface area contributed by atoms with E-state index in [0.29, 0.717) is 17.9 Å². The number of nitrogens with one attached hydrogen (secondary N) is 1. The summed E-state index contributed by atoms with van der Waals surface area (Å²) in [5.41, 5.74) is 2.59. The van der Waals surface area contributed by atoms with Crippen LogP contribution in [0.15, 0.2) is 23.4 Å². The maximum Gasteiger partial charge on any atom is 0.258 e. The van der Waals surface area contributed by atoms with Gasteiger partial charge in [0.25, 0.3) is 5.91 Å². The highest BCUT2D eigenvalue weighted by molar-refractivity contribution is 6.04. The van der Waals surface area contributed by atoms with E-state index in [4.69, 9.17) is 9.94 Å². The molecule has 1 aliphatic carbocycles. The van der Waals surface area contributed by atoms with Gasteiger partial charge < -0.3 is 15.3 Å². The standard InChI is InChI=1S/C14H18N2O3/c1-9(2)15-14(17)8-19-13-5-3-4-10-11(13)6-7-12(10)16-18/h3-5,9,18H,6-8H2,1-2H3,(H,15,17). The Kier molecular flexibility index (Phi) is 4.04. The molecule has 5 nitrogen and oxygen atoms in total. The summed E-state index contributed by atoms with van der Waals surface area (Å²) >= 11 is 0. The first-order valence-electron chi connectivity index (χ1n) is 6.37. The van der Waals surface area contributed by atoms with Gasteiger partial charge in [0.1, 0.15) is 5.75 Å². The molecule has 1 aromatic rings. The SMILES string of the molecule is CC(C)NC(=O)COc1cccc2c1CCC2=NO. The maximum atomic E-state index is 11.5. The van der Waals surface area contributed by atoms with Gasteiger partial charge in [-0.25, -0.2) is 0 Å². The number of ether oxygens (including phenoxy) is 1. The number of oxime groups is 1. The molecule has 0 unspecified atom stereocenters. The lowest BCUT2D eigenvalue weighted by Gasteiger charge is -2.12. The molecule has 0 atom stereocenters. The minimum atomic E-state index is -0.137. The van der Waals surface area contributed by atoms with Gasteiger partial charge in [-0.1, -0.05) is 17.3 Å². The summed E-state index contributed by atoms with van der Waals surface area (Å²) in [5, 5.41) is 15.0. The van der Waals surface area contributed by atoms with Crippen LogP contribution in [0.2, 0.25) is 0 Å². The van der Waals surface area contributed by atoms with Crippen molar-refractivity contribution in [2.24, 2.45) is 5.16 Å². The Balaban J connectivity index is 2.07. The molecule has 5 heteroatoms. The maximum absolute atomic E-state index is 11.5. The van der Waals surface area contributed by atoms with Crippen LogP contribution in [0.5, 0.6) is 5.75 Å². The quantitative estimate of drug-likeness (QED) is 0.641. The van der Waals surface area contributed by atoms with Gasteiger partial charge in [0.05, 0.1) is 5.71 Å². The lowest BCUT2D eigenvalue weighted by Crippen LogP contribution is -2.34. The van der Waals surface area contributed by atoms with Crippen LogP contribution in [0.1, 0.15) is 31.4 Å². The van der Waals surface area contributed by atoms with Crippen LogP contribution in [-0.2, 0) is 11.2 Å². The fourth-order valence-electron chi connectivity index (χ4n) is 2.22. The van der Waals surface area contributed by atoms with Crippen LogP contribution in [0.4, 0.5) is 0 Å². The van der Waals surface area contributed by atoms with Crippen LogP contribution in [0.3, 0.4) is 0 Å². The van der Waals surface area contributed by atoms with E-state index < -0.39 is 0 Å². The van der Waals surface area contributed by atoms with E-state index in [1.54, 1.807) is 0 Å². The number of benzene rings is 1. The third kappa shape index (κ3) is 3.05. The molecule has 0 aromatic heterocycles. The molecule has 19 heavy (non-hydrogen) atoms. The normalized spacial score (nSPS) is 15.6. The Morgan fingerprint density at radius 2 is 2.26 bits per heavy atom. The fourth-order valence-corrected chi connectivity index (χ4v) is 2.22. The van der Waals surface area contributed by atoms with E-state index in [2.05, 4.69) is 10.5 Å². The highest BCUT2D eigenvalue weighted by Crippen LogP contribution is 2.30. The zero-order valence-electron chi connectivity index (χ0n) is 11.1. The van der Waals surface area contributed by atoms with Crippen molar-refractivity contribution >= 4 is 11.6 Å². The number of hydrogen-bond donors (Lipinski definition) is 2. The van der Waals surface area contributed by atoms with Crippen molar-refractivity contribution in [2.75, 3.05) is 6.61 Å². The van der Waals surface area contributed by atoms with E-state index in [1.165, 1.54) is 0 Å². The molecule has 0 heterocycles. The summed E-state index contributed by atoms with van der Waals surface area (Å²) in [6.07, 6.45) is 1.47. The van der Waals surface area contributed by atoms with Crippen molar-refractivity contribution in [3.8, 4) is 5.75 Å². The van der Waals surface area contributed by atoms with Gasteiger partial charge in [0, 0.05) is 17.2 Å². The second kappa shape index (κ2) is 5.73. The number of hydrogen-bond acceptors (Lipinski definition) is 4. The zero-order valence-corrected chi connectivity index (χ0v) is 11.1. The van der Waals surface area contributed by atoms with Gasteiger partial charge in [-0.2, -0.15) is 0 Å². The van der Waals surface area contributed by atoms with Gasteiger partial charge >= 0.3 is 0 Å². The average molecular weight is 262 g/mol. The first-order chi connectivity index (χ1) is 9.11. The van der Waals surface area contributed by atoms with Crippen molar-refractivity contribution in [1.82, 2.24) is 5.32 Å². The summed E-state index contributed by atoms with van der Waals surface area (Å²) in [6.45, 7) is 3.81. The van der Waals surface area contributed by atoms with E-state index in [1.807, 2.05) is 32.0 Å². The number of carbonyl (C=O) groups excluding carboxylic acids is 1. The molecular formula is C14H18N2O3. The molecule has 1 amide bonds. The molecule has 0 saturated carbocycles. The number of amides is 1. The van der Waals surface area contributed by atoms with E-state index >= 15 is 0 Å². The number of nitrogens with zero attached hydrogens (tertiary/aromatic N) is 1. The molecule has 0 spiro atoms. The molecule has 0 bridgehead atoms. The number of carbonyl (C=O) groups is 1. The van der Waals surface area contributed by atoms with Gasteiger partial charge in [0.15, 0.2) is 6.61 Å². The molecule has 0 saturated heterocycles. The van der Waals surface area contributed by atoms with Gasteiger partial charge in [-0.05, 0) is 32.8 Å². The largest absolute Gasteiger partial charge is 0.483 e. The minimum absolute atomic E-state index is 0.000233. The first kappa shape index (κ1) is 13.4. The summed E-state index contributed by atoms with van der Waals surface area (Å²) in [4.78, 5) is 11.5. The summed E-state index contributed by atoms with van der Waals surface area (Å²) in [7, 11) is 0. The molecule has 1 aliphatic rings. The summed E-state index contributed by atoms with van der Waals surface area (Å²) < 4.78 is 5.56. The van der Waals surface area contributed by atoms with Crippen LogP contribution in [0.25, 0.3) is 0 Å². The third-order valence-corrected chi connectivity index (χ3v) is 2.98. The predicted octanol–water partition coefficient (Wildman–Crippen LogP) is 1.71. The van der Waals surface area contributed by atoms with E-state index in [-0.39, 0.29) is 18.6 Å². The second-order valence-corrected chi connectivity index (χ2v) is 4.84. The average Bonchev–Trinajstić information content (AvgIpc) is 2.79. The Morgan fingerprint density at radius 3 is 2.95 bits per heavy atom. The highest BCUT2D eigenvalue weighted by atomic mass is 16.5. The molecule has 2 rings (SSSR count). The van der Waals surface area contributed by atoms with Crippen molar-refractivity contribution < 1.29 is 14.7 Å². The molecular weight excluding hydrogens is 244 g/mol. The number of rotatable bonds is 4. The Hall–Kier alpha value is -2.04. The summed E-state index contributed by atoms with van der Waals surface area (Å²) in [5.74, 6) is 0.553. The lowest BCUT2D eigenvalue weighted by molar-refractivity contribution is -0.123. The molecule has 0 radical (unpaired) electrons. The highest BCUT2D eigenvalue weighted by Gasteiger charge is 2.22. The van der Waals surface area contributed by atoms with Gasteiger partial charge in [0.2, 0.25) is 0 Å². The van der Waals surface area contributed by atoms with Crippen LogP contribution in [-0.4, -0.2) is 29.5 Å². The van der Waals surface area contributed by atoms with Crippen LogP contribution >= 0.6 is 0 Å². The zero-order chi connectivity index (χ0) is 13.8. The predicted molar refractivity (Wildman–Crippen MR) is 71.9 cm³/mol. The van der Waals surface area contributed by atoms with Gasteiger partial charge in [-0.15, -0.1) is 0 Å². The van der Waals surface area contributed by atoms with Crippen molar-refractivity contribution in [3.63, 3.8) is 0 Å². The van der Waals surface area contributed by atoms with Crippen molar-refractivity contribution in [3.05, 3.63) is 29.3 Å². The molecule has 0 aliphatic heterocycles. The Labute approximate surface area is 112 Å². The first-order valence-corrected chi connectivity index (χ1v) is 6.37. The van der Waals surface area contributed by atoms with Crippen molar-refractivity contribution in [1.29, 1.82) is 0 Å². The second-order valence-electron chi connectivity index (χ2n) is 4.84. The Bertz CT molecular complexity index is 509. The van der Waals surface area contributed by atoms with E-state index in [9.17, 15) is 4.79 Å². The van der Waals surface area contributed by atoms with Crippen LogP contribution < -0.4 is 10.1 Å². The number of fused-ring (bicyclic) bond motifs is 1. The van der Waals surface area contributed by atoms with Gasteiger partial charge in [-0.3, -0.25) is 4.79 Å². The topological polar surface area (TPSA) is 70.9 Å². The molecule has 0 fully saturated rings. The minimum Gasteiger partial charge on any atom is -0.483 e. The molecule has 1 aromatic carbocycles. The van der Waals surface area contributed by atoms with E-state index in [0.717, 1.165) is 17.5 Å². The lowest BCUT2D eigenvalue weighted by atomic mass is 10.1. The smallest absolute Gasteiger partial charge is 0.258 e. The monoisotopic (exact) mass is 262 g/mol.